The second-order valence-electron chi connectivity index (χ2n) is 5.09. The molecular weight excluding hydrogens is 266 g/mol. The number of alkyl halides is 2. The molecular formula is C14H18F2N2O2. The number of benzene rings is 1. The number of nitrogens with zero attached hydrogens (tertiary/aromatic N) is 1. The van der Waals surface area contributed by atoms with Gasteiger partial charge in [-0.2, -0.15) is 8.78 Å². The van der Waals surface area contributed by atoms with Crippen molar-refractivity contribution in [2.24, 2.45) is 11.7 Å². The van der Waals surface area contributed by atoms with Gasteiger partial charge in [0.2, 0.25) is 0 Å². The Morgan fingerprint density at radius 3 is 2.90 bits per heavy atom. The molecule has 0 aromatic heterocycles. The molecule has 110 valence electrons. The van der Waals surface area contributed by atoms with E-state index in [1.165, 1.54) is 18.2 Å². The number of nitrogens with two attached hydrogens (primary N) is 1. The molecule has 1 heterocycles. The smallest absolute Gasteiger partial charge is 0.387 e. The maximum absolute atomic E-state index is 12.3. The maximum Gasteiger partial charge on any atom is 0.387 e. The third kappa shape index (κ3) is 3.45. The van der Waals surface area contributed by atoms with Crippen LogP contribution in [0.25, 0.3) is 0 Å². The molecule has 2 unspecified atom stereocenters. The summed E-state index contributed by atoms with van der Waals surface area (Å²) in [5, 5.41) is 0. The van der Waals surface area contributed by atoms with Gasteiger partial charge in [-0.1, -0.05) is 13.0 Å². The molecule has 6 heteroatoms. The summed E-state index contributed by atoms with van der Waals surface area (Å²) < 4.78 is 28.6. The lowest BCUT2D eigenvalue weighted by molar-refractivity contribution is -0.0499. The predicted molar refractivity (Wildman–Crippen MR) is 70.7 cm³/mol. The van der Waals surface area contributed by atoms with Crippen LogP contribution < -0.4 is 10.5 Å². The van der Waals surface area contributed by atoms with Crippen molar-refractivity contribution in [2.45, 2.75) is 26.0 Å². The highest BCUT2D eigenvalue weighted by atomic mass is 19.3. The molecule has 1 saturated heterocycles. The van der Waals surface area contributed by atoms with Crippen molar-refractivity contribution in [3.05, 3.63) is 29.8 Å². The van der Waals surface area contributed by atoms with Crippen molar-refractivity contribution >= 4 is 5.91 Å². The van der Waals surface area contributed by atoms with Gasteiger partial charge in [0, 0.05) is 24.7 Å². The minimum absolute atomic E-state index is 0.00684. The van der Waals surface area contributed by atoms with Crippen molar-refractivity contribution in [3.8, 4) is 5.75 Å². The van der Waals surface area contributed by atoms with Crippen LogP contribution in [0, 0.1) is 5.92 Å². The number of carbonyl (C=O) groups is 1. The molecule has 2 rings (SSSR count). The monoisotopic (exact) mass is 284 g/mol. The molecule has 0 radical (unpaired) electrons. The number of amides is 1. The number of piperidine rings is 1. The van der Waals surface area contributed by atoms with Crippen LogP contribution in [0.3, 0.4) is 0 Å². The van der Waals surface area contributed by atoms with Gasteiger partial charge < -0.3 is 15.4 Å². The second kappa shape index (κ2) is 6.17. The fourth-order valence-corrected chi connectivity index (χ4v) is 2.34. The van der Waals surface area contributed by atoms with Gasteiger partial charge in [0.1, 0.15) is 5.75 Å². The molecule has 20 heavy (non-hydrogen) atoms. The molecule has 1 aliphatic heterocycles. The Hall–Kier alpha value is -1.69. The Morgan fingerprint density at radius 1 is 1.50 bits per heavy atom. The first kappa shape index (κ1) is 14.7. The average Bonchev–Trinajstić information content (AvgIpc) is 2.40. The van der Waals surface area contributed by atoms with Gasteiger partial charge in [-0.05, 0) is 30.5 Å². The van der Waals surface area contributed by atoms with Crippen molar-refractivity contribution in [1.29, 1.82) is 0 Å². The van der Waals surface area contributed by atoms with Crippen LogP contribution in [0.15, 0.2) is 24.3 Å². The van der Waals surface area contributed by atoms with Crippen LogP contribution in [0.5, 0.6) is 5.75 Å². The minimum atomic E-state index is -2.90. The van der Waals surface area contributed by atoms with Gasteiger partial charge in [0.25, 0.3) is 5.91 Å². The Morgan fingerprint density at radius 2 is 2.25 bits per heavy atom. The summed E-state index contributed by atoms with van der Waals surface area (Å²) in [5.74, 6) is 0.0456. The number of halogens is 2. The predicted octanol–water partition coefficient (Wildman–Crippen LogP) is 2.10. The third-order valence-corrected chi connectivity index (χ3v) is 3.56. The van der Waals surface area contributed by atoms with Crippen molar-refractivity contribution in [3.63, 3.8) is 0 Å². The van der Waals surface area contributed by atoms with Crippen LogP contribution >= 0.6 is 0 Å². The fourth-order valence-electron chi connectivity index (χ4n) is 2.34. The zero-order valence-electron chi connectivity index (χ0n) is 11.3. The van der Waals surface area contributed by atoms with Crippen molar-refractivity contribution in [2.75, 3.05) is 13.1 Å². The quantitative estimate of drug-likeness (QED) is 0.924. The lowest BCUT2D eigenvalue weighted by atomic mass is 9.94. The van der Waals surface area contributed by atoms with Crippen LogP contribution in [0.2, 0.25) is 0 Å². The van der Waals surface area contributed by atoms with E-state index >= 15 is 0 Å². The average molecular weight is 284 g/mol. The first-order valence-electron chi connectivity index (χ1n) is 6.57. The number of hydrogen-bond acceptors (Lipinski definition) is 3. The number of carbonyl (C=O) groups excluding carboxylic acids is 1. The number of ether oxygens (including phenoxy) is 1. The highest BCUT2D eigenvalue weighted by molar-refractivity contribution is 5.94. The fraction of sp³-hybridized carbons (Fsp3) is 0.500. The topological polar surface area (TPSA) is 55.6 Å². The Balaban J connectivity index is 2.09. The molecule has 1 aliphatic rings. The molecule has 1 amide bonds. The van der Waals surface area contributed by atoms with Gasteiger partial charge in [0.15, 0.2) is 0 Å². The summed E-state index contributed by atoms with van der Waals surface area (Å²) in [6.45, 7) is 0.276. The van der Waals surface area contributed by atoms with Gasteiger partial charge in [-0.25, -0.2) is 0 Å². The lowest BCUT2D eigenvalue weighted by Gasteiger charge is -2.35. The Kier molecular flexibility index (Phi) is 4.54. The highest BCUT2D eigenvalue weighted by Crippen LogP contribution is 2.20. The molecule has 2 N–H and O–H groups in total. The van der Waals surface area contributed by atoms with Gasteiger partial charge in [0.05, 0.1) is 0 Å². The molecule has 0 saturated carbocycles. The first-order valence-corrected chi connectivity index (χ1v) is 6.57. The van der Waals surface area contributed by atoms with Crippen molar-refractivity contribution < 1.29 is 18.3 Å². The molecule has 1 fully saturated rings. The summed E-state index contributed by atoms with van der Waals surface area (Å²) in [6.07, 6.45) is 0.750. The summed E-state index contributed by atoms with van der Waals surface area (Å²) in [6, 6.07) is 5.97. The SMILES string of the molecule is CC1CN(C(=O)c2cccc(OC(F)F)c2)CCC1N. The molecule has 1 aromatic carbocycles. The standard InChI is InChI=1S/C14H18F2N2O2/c1-9-8-18(6-5-12(9)17)13(19)10-3-2-4-11(7-10)20-14(15)16/h2-4,7,9,12,14H,5-6,8,17H2,1H3. The molecule has 4 nitrogen and oxygen atoms in total. The van der Waals surface area contributed by atoms with Gasteiger partial charge in [-0.3, -0.25) is 4.79 Å². The van der Waals surface area contributed by atoms with E-state index in [1.54, 1.807) is 11.0 Å². The van der Waals surface area contributed by atoms with E-state index in [1.807, 2.05) is 6.92 Å². The first-order chi connectivity index (χ1) is 9.47. The largest absolute Gasteiger partial charge is 0.435 e. The Labute approximate surface area is 116 Å². The van der Waals surface area contributed by atoms with E-state index in [-0.39, 0.29) is 23.6 Å². The van der Waals surface area contributed by atoms with Gasteiger partial charge in [-0.15, -0.1) is 0 Å². The molecule has 0 aliphatic carbocycles. The molecule has 1 aromatic rings. The summed E-state index contributed by atoms with van der Waals surface area (Å²) in [5.41, 5.74) is 6.27. The van der Waals surface area contributed by atoms with Crippen LogP contribution in [0.4, 0.5) is 8.78 Å². The van der Waals surface area contributed by atoms with E-state index in [0.717, 1.165) is 6.42 Å². The van der Waals surface area contributed by atoms with E-state index < -0.39 is 6.61 Å². The highest BCUT2D eigenvalue weighted by Gasteiger charge is 2.27. The summed E-state index contributed by atoms with van der Waals surface area (Å²) in [7, 11) is 0. The summed E-state index contributed by atoms with van der Waals surface area (Å²) in [4.78, 5) is 14.0. The normalized spacial score (nSPS) is 22.9. The zero-order valence-corrected chi connectivity index (χ0v) is 11.3. The van der Waals surface area contributed by atoms with Crippen LogP contribution in [0.1, 0.15) is 23.7 Å². The second-order valence-corrected chi connectivity index (χ2v) is 5.09. The zero-order chi connectivity index (χ0) is 14.7. The van der Waals surface area contributed by atoms with E-state index in [0.29, 0.717) is 18.7 Å². The van der Waals surface area contributed by atoms with E-state index in [4.69, 9.17) is 5.73 Å². The number of likely N-dealkylation sites (tertiary alicyclic amines) is 1. The third-order valence-electron chi connectivity index (χ3n) is 3.56. The number of rotatable bonds is 3. The van der Waals surface area contributed by atoms with Crippen LogP contribution in [-0.2, 0) is 0 Å². The molecule has 0 spiro atoms. The van der Waals surface area contributed by atoms with Crippen molar-refractivity contribution in [1.82, 2.24) is 4.90 Å². The van der Waals surface area contributed by atoms with Gasteiger partial charge >= 0.3 is 6.61 Å². The van der Waals surface area contributed by atoms with Crippen LogP contribution in [-0.4, -0.2) is 36.5 Å². The molecule has 0 bridgehead atoms. The molecule has 2 atom stereocenters. The van der Waals surface area contributed by atoms with E-state index in [2.05, 4.69) is 4.74 Å². The maximum atomic E-state index is 12.3. The minimum Gasteiger partial charge on any atom is -0.435 e. The van der Waals surface area contributed by atoms with E-state index in [9.17, 15) is 13.6 Å². The Bertz CT molecular complexity index is 482. The lowest BCUT2D eigenvalue weighted by Crippen LogP contribution is -2.48. The summed E-state index contributed by atoms with van der Waals surface area (Å²) >= 11 is 0. The number of hydrogen-bond donors (Lipinski definition) is 1.